The lowest BCUT2D eigenvalue weighted by Crippen LogP contribution is -2.41. The maximum atomic E-state index is 13.6. The monoisotopic (exact) mass is 463 g/mol. The Bertz CT molecular complexity index is 1130. The maximum Gasteiger partial charge on any atom is 0.309 e. The summed E-state index contributed by atoms with van der Waals surface area (Å²) in [4.78, 5) is 27.4. The van der Waals surface area contributed by atoms with Crippen LogP contribution in [0.4, 0.5) is 0 Å². The molecule has 0 unspecified atom stereocenters. The molecule has 0 spiro atoms. The number of esters is 1. The summed E-state index contributed by atoms with van der Waals surface area (Å²) in [5, 5.41) is 4.76. The molecule has 3 aromatic rings. The van der Waals surface area contributed by atoms with Crippen LogP contribution in [-0.4, -0.2) is 60.5 Å². The summed E-state index contributed by atoms with van der Waals surface area (Å²) in [6.07, 6.45) is 1.18. The van der Waals surface area contributed by atoms with Crippen LogP contribution >= 0.6 is 0 Å². The average molecular weight is 464 g/mol. The van der Waals surface area contributed by atoms with Gasteiger partial charge in [-0.15, -0.1) is 0 Å². The number of benzene rings is 2. The van der Waals surface area contributed by atoms with Gasteiger partial charge in [0.15, 0.2) is 0 Å². The van der Waals surface area contributed by atoms with Gasteiger partial charge in [-0.3, -0.25) is 9.59 Å². The van der Waals surface area contributed by atoms with Gasteiger partial charge >= 0.3 is 5.97 Å². The molecule has 1 amide bonds. The molecule has 1 aliphatic rings. The summed E-state index contributed by atoms with van der Waals surface area (Å²) in [5.41, 5.74) is 2.78. The van der Waals surface area contributed by atoms with E-state index in [4.69, 9.17) is 19.3 Å². The van der Waals surface area contributed by atoms with Crippen LogP contribution in [0.25, 0.3) is 16.9 Å². The Morgan fingerprint density at radius 3 is 2.09 bits per heavy atom. The molecule has 1 aliphatic heterocycles. The molecule has 4 rings (SSSR count). The Kier molecular flexibility index (Phi) is 7.15. The van der Waals surface area contributed by atoms with Gasteiger partial charge in [0, 0.05) is 18.7 Å². The van der Waals surface area contributed by atoms with E-state index in [1.54, 1.807) is 30.7 Å². The van der Waals surface area contributed by atoms with Crippen molar-refractivity contribution in [1.82, 2.24) is 14.7 Å². The Labute approximate surface area is 199 Å². The third-order valence-corrected chi connectivity index (χ3v) is 6.03. The minimum Gasteiger partial charge on any atom is -0.497 e. The Morgan fingerprint density at radius 1 is 0.941 bits per heavy atom. The second-order valence-corrected chi connectivity index (χ2v) is 8.07. The average Bonchev–Trinajstić information content (AvgIpc) is 3.34. The van der Waals surface area contributed by atoms with E-state index in [-0.39, 0.29) is 17.8 Å². The second kappa shape index (κ2) is 10.4. The molecule has 2 aromatic carbocycles. The molecule has 0 N–H and O–H groups in total. The Morgan fingerprint density at radius 2 is 1.53 bits per heavy atom. The van der Waals surface area contributed by atoms with E-state index in [0.29, 0.717) is 43.9 Å². The molecule has 2 heterocycles. The third-order valence-electron chi connectivity index (χ3n) is 6.03. The van der Waals surface area contributed by atoms with E-state index >= 15 is 0 Å². The molecule has 8 heteroatoms. The molecule has 0 radical (unpaired) electrons. The van der Waals surface area contributed by atoms with Crippen molar-refractivity contribution in [3.05, 3.63) is 60.3 Å². The van der Waals surface area contributed by atoms with E-state index in [2.05, 4.69) is 0 Å². The highest BCUT2D eigenvalue weighted by atomic mass is 16.5. The molecular weight excluding hydrogens is 434 g/mol. The summed E-state index contributed by atoms with van der Waals surface area (Å²) in [6, 6.07) is 16.8. The van der Waals surface area contributed by atoms with Gasteiger partial charge in [-0.25, -0.2) is 4.68 Å². The standard InChI is InChI=1S/C26H29N3O5/c1-4-34-26(31)19-13-15-28(16-14-19)25(30)24-17-23(18-5-9-21(32-2)10-6-18)27-29(24)20-7-11-22(33-3)12-8-20/h5-12,17,19H,4,13-16H2,1-3H3. The van der Waals surface area contributed by atoms with Crippen LogP contribution in [0, 0.1) is 5.92 Å². The number of carbonyl (C=O) groups excluding carboxylic acids is 2. The van der Waals surface area contributed by atoms with Crippen molar-refractivity contribution in [2.45, 2.75) is 19.8 Å². The number of nitrogens with zero attached hydrogens (tertiary/aromatic N) is 3. The highest BCUT2D eigenvalue weighted by Gasteiger charge is 2.30. The molecule has 8 nitrogen and oxygen atoms in total. The van der Waals surface area contributed by atoms with Crippen LogP contribution in [0.15, 0.2) is 54.6 Å². The van der Waals surface area contributed by atoms with Gasteiger partial charge in [-0.2, -0.15) is 5.10 Å². The lowest BCUT2D eigenvalue weighted by atomic mass is 9.97. The second-order valence-electron chi connectivity index (χ2n) is 8.07. The molecule has 178 valence electrons. The van der Waals surface area contributed by atoms with Crippen LogP contribution in [-0.2, 0) is 9.53 Å². The number of amides is 1. The minimum absolute atomic E-state index is 0.120. The highest BCUT2D eigenvalue weighted by Crippen LogP contribution is 2.27. The first-order valence-corrected chi connectivity index (χ1v) is 11.4. The van der Waals surface area contributed by atoms with Crippen molar-refractivity contribution in [2.24, 2.45) is 5.92 Å². The zero-order chi connectivity index (χ0) is 24.1. The lowest BCUT2D eigenvalue weighted by molar-refractivity contribution is -0.149. The fourth-order valence-electron chi connectivity index (χ4n) is 4.10. The normalized spacial score (nSPS) is 14.0. The van der Waals surface area contributed by atoms with Crippen LogP contribution in [0.2, 0.25) is 0 Å². The molecule has 0 bridgehead atoms. The lowest BCUT2D eigenvalue weighted by Gasteiger charge is -2.30. The predicted octanol–water partition coefficient (Wildman–Crippen LogP) is 3.97. The van der Waals surface area contributed by atoms with Crippen molar-refractivity contribution in [3.63, 3.8) is 0 Å². The summed E-state index contributed by atoms with van der Waals surface area (Å²) < 4.78 is 17.3. The van der Waals surface area contributed by atoms with Crippen LogP contribution < -0.4 is 9.47 Å². The predicted molar refractivity (Wildman–Crippen MR) is 127 cm³/mol. The molecular formula is C26H29N3O5. The first-order chi connectivity index (χ1) is 16.5. The topological polar surface area (TPSA) is 82.9 Å². The van der Waals surface area contributed by atoms with Crippen molar-refractivity contribution in [1.29, 1.82) is 0 Å². The van der Waals surface area contributed by atoms with Crippen LogP contribution in [0.1, 0.15) is 30.3 Å². The molecule has 1 aromatic heterocycles. The van der Waals surface area contributed by atoms with E-state index in [9.17, 15) is 9.59 Å². The summed E-state index contributed by atoms with van der Waals surface area (Å²) in [6.45, 7) is 3.16. The number of hydrogen-bond donors (Lipinski definition) is 0. The number of carbonyl (C=O) groups is 2. The van der Waals surface area contributed by atoms with Gasteiger partial charge in [-0.1, -0.05) is 0 Å². The zero-order valence-corrected chi connectivity index (χ0v) is 19.7. The minimum atomic E-state index is -0.181. The fourth-order valence-corrected chi connectivity index (χ4v) is 4.10. The first kappa shape index (κ1) is 23.4. The SMILES string of the molecule is CCOC(=O)C1CCN(C(=O)c2cc(-c3ccc(OC)cc3)nn2-c2ccc(OC)cc2)CC1. The summed E-state index contributed by atoms with van der Waals surface area (Å²) >= 11 is 0. The van der Waals surface area contributed by atoms with Crippen molar-refractivity contribution in [2.75, 3.05) is 33.9 Å². The summed E-state index contributed by atoms with van der Waals surface area (Å²) in [7, 11) is 3.23. The largest absolute Gasteiger partial charge is 0.497 e. The van der Waals surface area contributed by atoms with Gasteiger partial charge in [0.2, 0.25) is 0 Å². The number of rotatable bonds is 7. The van der Waals surface area contributed by atoms with E-state index in [1.165, 1.54) is 0 Å². The third kappa shape index (κ3) is 4.90. The Balaban J connectivity index is 1.63. The molecule has 0 saturated carbocycles. The van der Waals surface area contributed by atoms with Gasteiger partial charge in [0.1, 0.15) is 17.2 Å². The summed E-state index contributed by atoms with van der Waals surface area (Å²) in [5.74, 6) is 1.01. The number of methoxy groups -OCH3 is 2. The van der Waals surface area contributed by atoms with Gasteiger partial charge in [0.05, 0.1) is 38.1 Å². The molecule has 0 aliphatic carbocycles. The van der Waals surface area contributed by atoms with E-state index in [0.717, 1.165) is 22.7 Å². The number of aromatic nitrogens is 2. The zero-order valence-electron chi connectivity index (χ0n) is 19.7. The highest BCUT2D eigenvalue weighted by molar-refractivity contribution is 5.94. The van der Waals surface area contributed by atoms with Gasteiger partial charge in [0.25, 0.3) is 5.91 Å². The number of hydrogen-bond acceptors (Lipinski definition) is 6. The van der Waals surface area contributed by atoms with E-state index in [1.807, 2.05) is 54.6 Å². The first-order valence-electron chi connectivity index (χ1n) is 11.4. The van der Waals surface area contributed by atoms with Crippen LogP contribution in [0.3, 0.4) is 0 Å². The molecule has 1 saturated heterocycles. The smallest absolute Gasteiger partial charge is 0.309 e. The molecule has 1 fully saturated rings. The van der Waals surface area contributed by atoms with Crippen molar-refractivity contribution < 1.29 is 23.8 Å². The number of likely N-dealkylation sites (tertiary alicyclic amines) is 1. The fraction of sp³-hybridized carbons (Fsp3) is 0.346. The molecule has 34 heavy (non-hydrogen) atoms. The number of ether oxygens (including phenoxy) is 3. The van der Waals surface area contributed by atoms with Crippen LogP contribution in [0.5, 0.6) is 11.5 Å². The van der Waals surface area contributed by atoms with E-state index < -0.39 is 0 Å². The quantitative estimate of drug-likeness (QED) is 0.493. The maximum absolute atomic E-state index is 13.6. The van der Waals surface area contributed by atoms with Crippen molar-refractivity contribution >= 4 is 11.9 Å². The molecule has 0 atom stereocenters. The number of piperidine rings is 1. The Hall–Kier alpha value is -3.81. The van der Waals surface area contributed by atoms with Crippen molar-refractivity contribution in [3.8, 4) is 28.4 Å². The van der Waals surface area contributed by atoms with Gasteiger partial charge in [-0.05, 0) is 74.4 Å². The van der Waals surface area contributed by atoms with Gasteiger partial charge < -0.3 is 19.1 Å².